The van der Waals surface area contributed by atoms with Crippen LogP contribution in [0.25, 0.3) is 11.0 Å². The second-order valence-corrected chi connectivity index (χ2v) is 5.84. The maximum absolute atomic E-state index is 12.1. The number of nitrogens with zero attached hydrogens (tertiary/aromatic N) is 3. The number of rotatable bonds is 6. The van der Waals surface area contributed by atoms with E-state index in [1.807, 2.05) is 28.8 Å². The Balaban J connectivity index is 1.96. The number of imidazole rings is 1. The number of fused-ring (bicyclic) bond motifs is 1. The van der Waals surface area contributed by atoms with E-state index in [9.17, 15) is 9.59 Å². The molecule has 1 fully saturated rings. The van der Waals surface area contributed by atoms with Gasteiger partial charge < -0.3 is 14.2 Å². The van der Waals surface area contributed by atoms with Crippen LogP contribution in [0, 0.1) is 0 Å². The molecule has 1 amide bonds. The Hall–Kier alpha value is -2.63. The van der Waals surface area contributed by atoms with Crippen LogP contribution in [0.15, 0.2) is 36.9 Å². The molecule has 2 aromatic rings. The lowest BCUT2D eigenvalue weighted by atomic mass is 10.1. The average Bonchev–Trinajstić information content (AvgIpc) is 3.10. The Morgan fingerprint density at radius 1 is 1.46 bits per heavy atom. The molecular weight excluding hydrogens is 306 g/mol. The number of carbonyl (C=O) groups is 2. The van der Waals surface area contributed by atoms with Crippen molar-refractivity contribution in [2.45, 2.75) is 25.8 Å². The summed E-state index contributed by atoms with van der Waals surface area (Å²) in [4.78, 5) is 30.6. The molecule has 6 heteroatoms. The lowest BCUT2D eigenvalue weighted by Gasteiger charge is -2.15. The molecule has 0 radical (unpaired) electrons. The fourth-order valence-electron chi connectivity index (χ4n) is 3.19. The Morgan fingerprint density at radius 3 is 3.00 bits per heavy atom. The van der Waals surface area contributed by atoms with Crippen molar-refractivity contribution in [3.8, 4) is 0 Å². The van der Waals surface area contributed by atoms with Crippen molar-refractivity contribution >= 4 is 22.9 Å². The fraction of sp³-hybridized carbons (Fsp3) is 0.389. The van der Waals surface area contributed by atoms with Crippen LogP contribution < -0.4 is 0 Å². The molecule has 1 aromatic carbocycles. The minimum atomic E-state index is -0.297. The summed E-state index contributed by atoms with van der Waals surface area (Å²) in [7, 11) is 0. The van der Waals surface area contributed by atoms with Crippen LogP contribution >= 0.6 is 0 Å². The first kappa shape index (κ1) is 16.2. The third-order valence-corrected chi connectivity index (χ3v) is 4.21. The van der Waals surface area contributed by atoms with Crippen LogP contribution in [-0.2, 0) is 20.9 Å². The van der Waals surface area contributed by atoms with Gasteiger partial charge in [-0.25, -0.2) is 4.98 Å². The van der Waals surface area contributed by atoms with E-state index in [0.717, 1.165) is 16.9 Å². The highest BCUT2D eigenvalue weighted by atomic mass is 16.5. The molecule has 0 N–H and O–H groups in total. The molecule has 1 saturated heterocycles. The van der Waals surface area contributed by atoms with Gasteiger partial charge in [-0.1, -0.05) is 18.2 Å². The Kier molecular flexibility index (Phi) is 4.64. The summed E-state index contributed by atoms with van der Waals surface area (Å²) in [6.07, 6.45) is 2.13. The summed E-state index contributed by atoms with van der Waals surface area (Å²) in [5.41, 5.74) is 1.71. The normalized spacial score (nSPS) is 17.5. The molecule has 1 aliphatic rings. The van der Waals surface area contributed by atoms with Crippen LogP contribution in [0.5, 0.6) is 0 Å². The van der Waals surface area contributed by atoms with Gasteiger partial charge in [-0.05, 0) is 19.1 Å². The van der Waals surface area contributed by atoms with Gasteiger partial charge in [0.2, 0.25) is 5.91 Å². The highest BCUT2D eigenvalue weighted by Crippen LogP contribution is 2.30. The lowest BCUT2D eigenvalue weighted by Crippen LogP contribution is -2.25. The zero-order valence-electron chi connectivity index (χ0n) is 13.8. The summed E-state index contributed by atoms with van der Waals surface area (Å²) in [5, 5.41) is 0. The Bertz CT molecular complexity index is 781. The zero-order valence-corrected chi connectivity index (χ0v) is 13.8. The minimum Gasteiger partial charge on any atom is -0.465 e. The predicted molar refractivity (Wildman–Crippen MR) is 90.5 cm³/mol. The van der Waals surface area contributed by atoms with Gasteiger partial charge in [0.25, 0.3) is 0 Å². The molecule has 0 aliphatic carbocycles. The van der Waals surface area contributed by atoms with Gasteiger partial charge in [0.15, 0.2) is 0 Å². The summed E-state index contributed by atoms with van der Waals surface area (Å²) in [6, 6.07) is 7.68. The fourth-order valence-corrected chi connectivity index (χ4v) is 3.19. The van der Waals surface area contributed by atoms with Crippen LogP contribution in [-0.4, -0.2) is 46.0 Å². The van der Waals surface area contributed by atoms with Crippen molar-refractivity contribution in [3.05, 3.63) is 42.7 Å². The average molecular weight is 327 g/mol. The van der Waals surface area contributed by atoms with E-state index < -0.39 is 0 Å². The number of carbonyl (C=O) groups excluding carboxylic acids is 2. The summed E-state index contributed by atoms with van der Waals surface area (Å²) < 4.78 is 6.96. The van der Waals surface area contributed by atoms with Gasteiger partial charge in [-0.15, -0.1) is 6.58 Å². The monoisotopic (exact) mass is 327 g/mol. The second-order valence-electron chi connectivity index (χ2n) is 5.84. The Labute approximate surface area is 140 Å². The molecule has 24 heavy (non-hydrogen) atoms. The largest absolute Gasteiger partial charge is 0.465 e. The third kappa shape index (κ3) is 3.04. The van der Waals surface area contributed by atoms with Crippen molar-refractivity contribution in [3.63, 3.8) is 0 Å². The highest BCUT2D eigenvalue weighted by Gasteiger charge is 2.33. The number of hydrogen-bond acceptors (Lipinski definition) is 4. The van der Waals surface area contributed by atoms with Crippen molar-refractivity contribution in [2.75, 3.05) is 19.7 Å². The van der Waals surface area contributed by atoms with E-state index in [1.165, 1.54) is 0 Å². The maximum atomic E-state index is 12.1. The van der Waals surface area contributed by atoms with Crippen molar-refractivity contribution in [1.29, 1.82) is 0 Å². The predicted octanol–water partition coefficient (Wildman–Crippen LogP) is 2.10. The van der Waals surface area contributed by atoms with Crippen LogP contribution in [0.1, 0.15) is 25.1 Å². The molecule has 0 saturated carbocycles. The number of likely N-dealkylation sites (tertiary alicyclic amines) is 1. The number of amides is 1. The van der Waals surface area contributed by atoms with Crippen molar-refractivity contribution < 1.29 is 14.3 Å². The summed E-state index contributed by atoms with van der Waals surface area (Å²) in [5.74, 6) is 0.534. The molecule has 1 unspecified atom stereocenters. The SMILES string of the molecule is C=CCN1CC(c2nc3ccccc3n2CC(=O)OCC)CC1=O. The van der Waals surface area contributed by atoms with E-state index in [4.69, 9.17) is 4.74 Å². The van der Waals surface area contributed by atoms with E-state index in [2.05, 4.69) is 11.6 Å². The van der Waals surface area contributed by atoms with Gasteiger partial charge in [0.05, 0.1) is 17.6 Å². The third-order valence-electron chi connectivity index (χ3n) is 4.21. The number of aromatic nitrogens is 2. The van der Waals surface area contributed by atoms with Gasteiger partial charge in [-0.3, -0.25) is 9.59 Å². The van der Waals surface area contributed by atoms with Crippen LogP contribution in [0.2, 0.25) is 0 Å². The molecule has 126 valence electrons. The molecule has 0 spiro atoms. The minimum absolute atomic E-state index is 0.0284. The van der Waals surface area contributed by atoms with Crippen molar-refractivity contribution in [1.82, 2.24) is 14.5 Å². The molecule has 1 atom stereocenters. The van der Waals surface area contributed by atoms with E-state index >= 15 is 0 Å². The highest BCUT2D eigenvalue weighted by molar-refractivity contribution is 5.82. The summed E-state index contributed by atoms with van der Waals surface area (Å²) >= 11 is 0. The number of benzene rings is 1. The number of hydrogen-bond donors (Lipinski definition) is 0. The zero-order chi connectivity index (χ0) is 17.1. The lowest BCUT2D eigenvalue weighted by molar-refractivity contribution is -0.143. The topological polar surface area (TPSA) is 64.4 Å². The first-order valence-electron chi connectivity index (χ1n) is 8.13. The summed E-state index contributed by atoms with van der Waals surface area (Å²) in [6.45, 7) is 7.06. The number of esters is 1. The van der Waals surface area contributed by atoms with Crippen molar-refractivity contribution in [2.24, 2.45) is 0 Å². The van der Waals surface area contributed by atoms with Gasteiger partial charge >= 0.3 is 5.97 Å². The Morgan fingerprint density at radius 2 is 2.25 bits per heavy atom. The second kappa shape index (κ2) is 6.86. The molecule has 1 aliphatic heterocycles. The number of para-hydroxylation sites is 2. The molecule has 0 bridgehead atoms. The van der Waals surface area contributed by atoms with Gasteiger partial charge in [0, 0.05) is 25.4 Å². The van der Waals surface area contributed by atoms with Gasteiger partial charge in [0.1, 0.15) is 12.4 Å². The van der Waals surface area contributed by atoms with E-state index in [0.29, 0.717) is 26.1 Å². The molecule has 2 heterocycles. The molecule has 3 rings (SSSR count). The standard InChI is InChI=1S/C18H21N3O3/c1-3-9-20-11-13(10-16(20)22)18-19-14-7-5-6-8-15(14)21(18)12-17(23)24-4-2/h3,5-8,13H,1,4,9-12H2,2H3. The molecule has 1 aromatic heterocycles. The quantitative estimate of drug-likeness (QED) is 0.602. The molecule has 6 nitrogen and oxygen atoms in total. The first-order chi connectivity index (χ1) is 11.6. The van der Waals surface area contributed by atoms with Crippen LogP contribution in [0.4, 0.5) is 0 Å². The van der Waals surface area contributed by atoms with E-state index in [1.54, 1.807) is 17.9 Å². The van der Waals surface area contributed by atoms with Gasteiger partial charge in [-0.2, -0.15) is 0 Å². The number of ether oxygens (including phenoxy) is 1. The van der Waals surface area contributed by atoms with E-state index in [-0.39, 0.29) is 24.3 Å². The molecular formula is C18H21N3O3. The first-order valence-corrected chi connectivity index (χ1v) is 8.13. The maximum Gasteiger partial charge on any atom is 0.326 e. The smallest absolute Gasteiger partial charge is 0.326 e. The van der Waals surface area contributed by atoms with Crippen LogP contribution in [0.3, 0.4) is 0 Å².